The maximum absolute atomic E-state index is 12.4. The van der Waals surface area contributed by atoms with Gasteiger partial charge in [-0.05, 0) is 48.6 Å². The number of methoxy groups -OCH3 is 2. The molecule has 1 amide bonds. The molecule has 0 unspecified atom stereocenters. The molecule has 0 fully saturated rings. The highest BCUT2D eigenvalue weighted by Gasteiger charge is 2.15. The van der Waals surface area contributed by atoms with Crippen LogP contribution in [0.15, 0.2) is 36.4 Å². The van der Waals surface area contributed by atoms with E-state index in [4.69, 9.17) is 20.9 Å². The number of nitrogens with two attached hydrogens (primary N) is 2. The highest BCUT2D eigenvalue weighted by Crippen LogP contribution is 2.37. The number of hydrogen-bond acceptors (Lipinski definition) is 9. The molecule has 0 aliphatic rings. The topological polar surface area (TPSA) is 143 Å². The Hall–Kier alpha value is -3.79. The largest absolute Gasteiger partial charge is 0.493 e. The van der Waals surface area contributed by atoms with Crippen LogP contribution in [0.2, 0.25) is 0 Å². The summed E-state index contributed by atoms with van der Waals surface area (Å²) in [4.78, 5) is 35.5. The molecule has 3 aromatic rings. The van der Waals surface area contributed by atoms with E-state index >= 15 is 0 Å². The molecule has 3 rings (SSSR count). The van der Waals surface area contributed by atoms with Crippen LogP contribution in [-0.4, -0.2) is 45.0 Å². The van der Waals surface area contributed by atoms with Crippen LogP contribution >= 0.6 is 11.3 Å². The minimum atomic E-state index is -0.516. The van der Waals surface area contributed by atoms with Crippen molar-refractivity contribution in [3.05, 3.63) is 46.8 Å². The summed E-state index contributed by atoms with van der Waals surface area (Å²) in [6.07, 6.45) is 1.78. The van der Waals surface area contributed by atoms with Gasteiger partial charge in [-0.2, -0.15) is 0 Å². The van der Waals surface area contributed by atoms with Gasteiger partial charge in [-0.15, -0.1) is 11.3 Å². The second-order valence-corrected chi connectivity index (χ2v) is 8.88. The van der Waals surface area contributed by atoms with Gasteiger partial charge in [-0.25, -0.2) is 0 Å². The van der Waals surface area contributed by atoms with Crippen molar-refractivity contribution >= 4 is 50.5 Å². The third-order valence-corrected chi connectivity index (χ3v) is 6.48. The number of thiophene rings is 1. The van der Waals surface area contributed by atoms with E-state index < -0.39 is 11.9 Å². The Morgan fingerprint density at radius 2 is 1.80 bits per heavy atom. The van der Waals surface area contributed by atoms with Crippen LogP contribution < -0.4 is 26.3 Å². The Bertz CT molecular complexity index is 1220. The third kappa shape index (κ3) is 6.86. The lowest BCUT2D eigenvalue weighted by molar-refractivity contribution is -0.140. The van der Waals surface area contributed by atoms with Gasteiger partial charge < -0.3 is 31.0 Å². The van der Waals surface area contributed by atoms with E-state index in [0.29, 0.717) is 40.8 Å². The van der Waals surface area contributed by atoms with Crippen LogP contribution in [0.1, 0.15) is 45.7 Å². The first kappa shape index (κ1) is 25.8. The number of fused-ring (bicyclic) bond motifs is 1. The second-order valence-electron chi connectivity index (χ2n) is 7.80. The van der Waals surface area contributed by atoms with E-state index in [9.17, 15) is 14.4 Å². The summed E-state index contributed by atoms with van der Waals surface area (Å²) in [7, 11) is 2.87. The SMILES string of the molecule is COC(=O)CCC(=O)c1cc2cc(OC)c(OCCCCNc3ccc(C(N)=O)cc3N)cc2s1. The summed E-state index contributed by atoms with van der Waals surface area (Å²) in [6, 6.07) is 10.4. The lowest BCUT2D eigenvalue weighted by Crippen LogP contribution is -2.12. The number of anilines is 2. The smallest absolute Gasteiger partial charge is 0.305 e. The first-order valence-electron chi connectivity index (χ1n) is 11.1. The molecule has 0 aliphatic heterocycles. The number of unbranched alkanes of at least 4 members (excludes halogenated alkanes) is 1. The predicted molar refractivity (Wildman–Crippen MR) is 137 cm³/mol. The van der Waals surface area contributed by atoms with Gasteiger partial charge in [0.15, 0.2) is 17.3 Å². The fourth-order valence-corrected chi connectivity index (χ4v) is 4.45. The molecule has 186 valence electrons. The molecule has 0 saturated carbocycles. The standard InChI is InChI=1S/C25H29N3O6S/c1-32-20-12-16-13-23(19(29)7-8-24(30)33-2)35-22(16)14-21(20)34-10-4-3-9-28-18-6-5-15(25(27)31)11-17(18)26/h5-6,11-14,28H,3-4,7-10,26H2,1-2H3,(H2,27,31). The molecule has 0 spiro atoms. The average Bonchev–Trinajstić information content (AvgIpc) is 3.27. The third-order valence-electron chi connectivity index (χ3n) is 5.34. The number of nitrogens with one attached hydrogen (secondary N) is 1. The normalized spacial score (nSPS) is 10.7. The summed E-state index contributed by atoms with van der Waals surface area (Å²) in [5.74, 6) is 0.170. The summed E-state index contributed by atoms with van der Waals surface area (Å²) >= 11 is 1.36. The van der Waals surface area contributed by atoms with E-state index in [0.717, 1.165) is 28.6 Å². The van der Waals surface area contributed by atoms with Gasteiger partial charge in [0.05, 0.1) is 43.5 Å². The molecule has 0 atom stereocenters. The number of rotatable bonds is 13. The van der Waals surface area contributed by atoms with Crippen LogP contribution in [0.5, 0.6) is 11.5 Å². The van der Waals surface area contributed by atoms with Gasteiger partial charge in [-0.1, -0.05) is 0 Å². The number of primary amides is 1. The number of esters is 1. The van der Waals surface area contributed by atoms with Crippen molar-refractivity contribution in [1.29, 1.82) is 0 Å². The molecule has 0 bridgehead atoms. The quantitative estimate of drug-likeness (QED) is 0.139. The van der Waals surface area contributed by atoms with Crippen LogP contribution in [0.25, 0.3) is 10.1 Å². The summed E-state index contributed by atoms with van der Waals surface area (Å²) in [5.41, 5.74) is 12.8. The highest BCUT2D eigenvalue weighted by molar-refractivity contribution is 7.20. The number of ketones is 1. The van der Waals surface area contributed by atoms with E-state index in [1.165, 1.54) is 18.4 Å². The zero-order chi connectivity index (χ0) is 25.4. The molecular formula is C25H29N3O6S. The van der Waals surface area contributed by atoms with Crippen LogP contribution in [0.3, 0.4) is 0 Å². The molecule has 0 saturated heterocycles. The number of nitrogen functional groups attached to an aromatic ring is 1. The zero-order valence-corrected chi connectivity index (χ0v) is 20.5. The molecular weight excluding hydrogens is 470 g/mol. The van der Waals surface area contributed by atoms with E-state index in [1.807, 2.05) is 12.1 Å². The van der Waals surface area contributed by atoms with Crippen molar-refractivity contribution in [2.45, 2.75) is 25.7 Å². The molecule has 0 aliphatic carbocycles. The Morgan fingerprint density at radius 1 is 1.00 bits per heavy atom. The van der Waals surface area contributed by atoms with Crippen LogP contribution in [0.4, 0.5) is 11.4 Å². The molecule has 0 radical (unpaired) electrons. The van der Waals surface area contributed by atoms with Crippen LogP contribution in [-0.2, 0) is 9.53 Å². The number of amides is 1. The first-order chi connectivity index (χ1) is 16.8. The van der Waals surface area contributed by atoms with Crippen molar-refractivity contribution in [1.82, 2.24) is 0 Å². The molecule has 1 aromatic heterocycles. The Labute approximate surface area is 207 Å². The predicted octanol–water partition coefficient (Wildman–Crippen LogP) is 4.00. The average molecular weight is 500 g/mol. The number of carbonyl (C=O) groups excluding carboxylic acids is 3. The van der Waals surface area contributed by atoms with Gasteiger partial charge >= 0.3 is 5.97 Å². The lowest BCUT2D eigenvalue weighted by atomic mass is 10.1. The minimum Gasteiger partial charge on any atom is -0.493 e. The number of carbonyl (C=O) groups is 3. The highest BCUT2D eigenvalue weighted by atomic mass is 32.1. The minimum absolute atomic E-state index is 0.0569. The second kappa shape index (κ2) is 12.1. The summed E-state index contributed by atoms with van der Waals surface area (Å²) < 4.78 is 16.9. The number of Topliss-reactive ketones (excluding diaryl/α,β-unsaturated/α-hetero) is 1. The Kier molecular flexibility index (Phi) is 8.91. The van der Waals surface area contributed by atoms with Crippen molar-refractivity contribution < 1.29 is 28.6 Å². The molecule has 5 N–H and O–H groups in total. The van der Waals surface area contributed by atoms with E-state index in [1.54, 1.807) is 31.4 Å². The van der Waals surface area contributed by atoms with Gasteiger partial charge in [-0.3, -0.25) is 14.4 Å². The molecule has 2 aromatic carbocycles. The number of hydrogen-bond donors (Lipinski definition) is 3. The molecule has 1 heterocycles. The van der Waals surface area contributed by atoms with Gasteiger partial charge in [0.25, 0.3) is 0 Å². The van der Waals surface area contributed by atoms with E-state index in [2.05, 4.69) is 10.1 Å². The summed E-state index contributed by atoms with van der Waals surface area (Å²) in [5, 5.41) is 4.12. The fourth-order valence-electron chi connectivity index (χ4n) is 3.41. The van der Waals surface area contributed by atoms with Crippen molar-refractivity contribution in [3.8, 4) is 11.5 Å². The monoisotopic (exact) mass is 499 g/mol. The zero-order valence-electron chi connectivity index (χ0n) is 19.7. The number of benzene rings is 2. The Morgan fingerprint density at radius 3 is 2.49 bits per heavy atom. The first-order valence-corrected chi connectivity index (χ1v) is 11.9. The van der Waals surface area contributed by atoms with Crippen molar-refractivity contribution in [3.63, 3.8) is 0 Å². The Balaban J connectivity index is 1.52. The van der Waals surface area contributed by atoms with Crippen molar-refractivity contribution in [2.75, 3.05) is 38.4 Å². The maximum atomic E-state index is 12.4. The van der Waals surface area contributed by atoms with Gasteiger partial charge in [0, 0.05) is 29.3 Å². The number of ether oxygens (including phenoxy) is 3. The molecule has 35 heavy (non-hydrogen) atoms. The van der Waals surface area contributed by atoms with Gasteiger partial charge in [0.2, 0.25) is 5.91 Å². The lowest BCUT2D eigenvalue weighted by Gasteiger charge is -2.12. The van der Waals surface area contributed by atoms with E-state index in [-0.39, 0.29) is 18.6 Å². The summed E-state index contributed by atoms with van der Waals surface area (Å²) in [6.45, 7) is 1.16. The molecule has 10 heteroatoms. The van der Waals surface area contributed by atoms with Gasteiger partial charge in [0.1, 0.15) is 0 Å². The molecule has 9 nitrogen and oxygen atoms in total. The maximum Gasteiger partial charge on any atom is 0.305 e. The van der Waals surface area contributed by atoms with Crippen molar-refractivity contribution in [2.24, 2.45) is 5.73 Å². The fraction of sp³-hybridized carbons (Fsp3) is 0.320. The van der Waals surface area contributed by atoms with Crippen LogP contribution in [0, 0.1) is 0 Å².